The lowest BCUT2D eigenvalue weighted by Crippen LogP contribution is -2.71. The summed E-state index contributed by atoms with van der Waals surface area (Å²) in [5, 5.41) is 30.3. The summed E-state index contributed by atoms with van der Waals surface area (Å²) in [4.78, 5) is 63.6. The number of nitrogens with two attached hydrogens (primary N) is 1. The number of rotatable bonds is 11. The minimum Gasteiger partial charge on any atom is -0.543 e. The number of nitrogens with one attached hydrogen (secondary N) is 3. The predicted octanol–water partition coefficient (Wildman–Crippen LogP) is -1.70. The number of carboxylic acids is 2. The first-order valence-electron chi connectivity index (χ1n) is 12.8. The number of nitrogens with zero attached hydrogens (tertiary/aromatic N) is 5. The van der Waals surface area contributed by atoms with E-state index in [2.05, 4.69) is 30.1 Å². The number of carbonyl (C=O) groups excluding carboxylic acids is 3. The van der Waals surface area contributed by atoms with Gasteiger partial charge in [-0.05, 0) is 27.0 Å². The lowest BCUT2D eigenvalue weighted by Gasteiger charge is -2.50. The molecule has 0 saturated carbocycles. The van der Waals surface area contributed by atoms with E-state index in [1.165, 1.54) is 25.6 Å². The second-order valence-electron chi connectivity index (χ2n) is 10.1. The number of hydrogen-bond donors (Lipinski definition) is 5. The third-order valence-electron chi connectivity index (χ3n) is 6.78. The van der Waals surface area contributed by atoms with Gasteiger partial charge in [-0.25, -0.2) is 4.79 Å². The van der Waals surface area contributed by atoms with E-state index in [1.807, 2.05) is 36.1 Å². The summed E-state index contributed by atoms with van der Waals surface area (Å²) in [5.41, 5.74) is 6.33. The molecule has 5 rings (SSSR count). The van der Waals surface area contributed by atoms with Crippen LogP contribution in [-0.4, -0.2) is 83.6 Å². The van der Waals surface area contributed by atoms with E-state index in [0.717, 1.165) is 33.0 Å². The molecule has 2 unspecified atom stereocenters. The molecule has 1 fully saturated rings. The molecule has 2 aliphatic heterocycles. The molecule has 3 aromatic heterocycles. The Labute approximate surface area is 252 Å². The fourth-order valence-corrected chi connectivity index (χ4v) is 6.41. The molecular weight excluding hydrogens is 602 g/mol. The molecule has 0 aromatic carbocycles. The topological polar surface area (TPSA) is 232 Å². The molecule has 226 valence electrons. The molecule has 2 atom stereocenters. The molecule has 5 heterocycles. The van der Waals surface area contributed by atoms with Gasteiger partial charge in [0.25, 0.3) is 11.8 Å². The Morgan fingerprint density at radius 1 is 1.40 bits per heavy atom. The molecule has 16 nitrogen and oxygen atoms in total. The van der Waals surface area contributed by atoms with E-state index in [4.69, 9.17) is 10.6 Å². The van der Waals surface area contributed by atoms with Gasteiger partial charge < -0.3 is 41.2 Å². The number of anilines is 1. The zero-order valence-electron chi connectivity index (χ0n) is 23.1. The summed E-state index contributed by atoms with van der Waals surface area (Å²) in [6, 6.07) is 2.63. The van der Waals surface area contributed by atoms with Gasteiger partial charge in [-0.3, -0.25) is 14.5 Å². The summed E-state index contributed by atoms with van der Waals surface area (Å²) < 4.78 is 5.85. The third kappa shape index (κ3) is 5.63. The molecule has 6 N–H and O–H groups in total. The molecule has 0 radical (unpaired) electrons. The van der Waals surface area contributed by atoms with Gasteiger partial charge in [0.2, 0.25) is 22.7 Å². The smallest absolute Gasteiger partial charge is 0.350 e. The van der Waals surface area contributed by atoms with Crippen LogP contribution >= 0.6 is 23.3 Å². The monoisotopic (exact) mass is 629 g/mol. The fourth-order valence-electron chi connectivity index (χ4n) is 4.64. The Morgan fingerprint density at radius 2 is 2.16 bits per heavy atom. The van der Waals surface area contributed by atoms with E-state index in [-0.39, 0.29) is 29.0 Å². The molecule has 0 aliphatic carbocycles. The summed E-state index contributed by atoms with van der Waals surface area (Å²) in [7, 11) is 1.83. The van der Waals surface area contributed by atoms with Gasteiger partial charge in [0, 0.05) is 41.7 Å². The van der Waals surface area contributed by atoms with Gasteiger partial charge in [-0.2, -0.15) is 13.9 Å². The molecule has 2 amide bonds. The highest BCUT2D eigenvalue weighted by Gasteiger charge is 2.53. The second-order valence-corrected chi connectivity index (χ2v) is 12.0. The lowest BCUT2D eigenvalue weighted by atomic mass is 10.0. The molecule has 0 spiro atoms. The Kier molecular flexibility index (Phi) is 8.08. The maximum absolute atomic E-state index is 13.3. The highest BCUT2D eigenvalue weighted by Crippen LogP contribution is 2.40. The fraction of sp³-hybridized carbons (Fsp3) is 0.360. The maximum Gasteiger partial charge on any atom is 0.350 e. The van der Waals surface area contributed by atoms with Gasteiger partial charge in [0.1, 0.15) is 16.9 Å². The first kappa shape index (κ1) is 29.9. The summed E-state index contributed by atoms with van der Waals surface area (Å²) in [6.45, 7) is 3.24. The number of pyridine rings is 1. The van der Waals surface area contributed by atoms with E-state index >= 15 is 0 Å². The van der Waals surface area contributed by atoms with Crippen molar-refractivity contribution in [2.24, 2.45) is 5.16 Å². The van der Waals surface area contributed by atoms with Crippen molar-refractivity contribution < 1.29 is 38.8 Å². The average Bonchev–Trinajstić information content (AvgIpc) is 3.58. The van der Waals surface area contributed by atoms with Crippen molar-refractivity contribution in [1.29, 1.82) is 0 Å². The number of carbonyl (C=O) groups is 4. The van der Waals surface area contributed by atoms with Gasteiger partial charge in [0.05, 0.1) is 17.2 Å². The van der Waals surface area contributed by atoms with E-state index in [0.29, 0.717) is 12.1 Å². The molecule has 43 heavy (non-hydrogen) atoms. The second kappa shape index (κ2) is 11.6. The van der Waals surface area contributed by atoms with Crippen molar-refractivity contribution in [2.45, 2.75) is 44.0 Å². The van der Waals surface area contributed by atoms with E-state index in [1.54, 1.807) is 0 Å². The molecule has 0 bridgehead atoms. The lowest BCUT2D eigenvalue weighted by molar-refractivity contribution is -0.663. The van der Waals surface area contributed by atoms with Crippen LogP contribution in [-0.2, 0) is 37.1 Å². The number of oxime groups is 1. The Hall–Kier alpha value is -4.55. The number of β-lactam (4-membered cyclic amide) rings is 1. The molecule has 18 heteroatoms. The van der Waals surface area contributed by atoms with Gasteiger partial charge in [-0.15, -0.1) is 11.8 Å². The molecule has 2 aliphatic rings. The van der Waals surface area contributed by atoms with Crippen LogP contribution in [0.2, 0.25) is 0 Å². The minimum absolute atomic E-state index is 0.0178. The highest BCUT2D eigenvalue weighted by atomic mass is 32.2. The summed E-state index contributed by atoms with van der Waals surface area (Å²) in [6.07, 6.45) is 3.71. The predicted molar refractivity (Wildman–Crippen MR) is 152 cm³/mol. The number of H-pyrrole nitrogens is 1. The number of carboxylic acid groups (broad SMARTS) is 2. The van der Waals surface area contributed by atoms with Crippen LogP contribution in [0.3, 0.4) is 0 Å². The van der Waals surface area contributed by atoms with Crippen molar-refractivity contribution in [3.8, 4) is 0 Å². The summed E-state index contributed by atoms with van der Waals surface area (Å²) >= 11 is 2.06. The molecular formula is C25H27N9O7S2. The van der Waals surface area contributed by atoms with Crippen LogP contribution in [0.1, 0.15) is 25.2 Å². The van der Waals surface area contributed by atoms with E-state index in [9.17, 15) is 29.4 Å². The number of hydrogen-bond acceptors (Lipinski definition) is 13. The Balaban J connectivity index is 1.39. The zero-order chi connectivity index (χ0) is 31.1. The van der Waals surface area contributed by atoms with Crippen LogP contribution in [0.4, 0.5) is 5.13 Å². The first-order chi connectivity index (χ1) is 20.4. The number of aromatic amines is 1. The number of nitrogen functional groups attached to an aromatic ring is 1. The number of aliphatic carboxylic acids is 2. The van der Waals surface area contributed by atoms with Crippen molar-refractivity contribution in [2.75, 3.05) is 18.5 Å². The largest absolute Gasteiger partial charge is 0.543 e. The quantitative estimate of drug-likeness (QED) is 0.0691. The first-order valence-corrected chi connectivity index (χ1v) is 14.7. The number of amides is 2. The van der Waals surface area contributed by atoms with Gasteiger partial charge in [0.15, 0.2) is 17.9 Å². The van der Waals surface area contributed by atoms with Crippen molar-refractivity contribution in [3.63, 3.8) is 0 Å². The SMILES string of the molecule is CNCc1c[nH]c2ccc[n+](CC3=C(C(=O)[O-])N4C(=O)C(NC(=O)/C(=N\OC(C)(C)C(=O)O)c5nsc(N)n5)C4SC3)c12. The van der Waals surface area contributed by atoms with Crippen LogP contribution in [0.5, 0.6) is 0 Å². The third-order valence-corrected chi connectivity index (χ3v) is 8.66. The highest BCUT2D eigenvalue weighted by molar-refractivity contribution is 8.00. The Morgan fingerprint density at radius 3 is 2.81 bits per heavy atom. The number of aromatic nitrogens is 4. The average molecular weight is 630 g/mol. The van der Waals surface area contributed by atoms with Crippen molar-refractivity contribution in [1.82, 2.24) is 29.9 Å². The Bertz CT molecular complexity index is 1700. The van der Waals surface area contributed by atoms with E-state index < -0.39 is 46.5 Å². The number of fused-ring (bicyclic) bond motifs is 2. The van der Waals surface area contributed by atoms with Crippen LogP contribution in [0, 0.1) is 0 Å². The molecule has 3 aromatic rings. The van der Waals surface area contributed by atoms with Gasteiger partial charge >= 0.3 is 5.97 Å². The standard InChI is InChI=1S/C25H27N9O7S2/c1-25(2,23(39)40)41-31-14(18-30-24(26)43-32-18)19(35)29-15-20(36)34-17(22(37)38)12(10-42-21(15)34)9-33-6-4-5-13-16(33)11(7-27-3)8-28-13/h4-6,8,15,21,27H,7,9-10H2,1-3H3,(H5,26,29,30,32,35,37,38,39,40)/b31-14-. The molecule has 1 saturated heterocycles. The summed E-state index contributed by atoms with van der Waals surface area (Å²) in [5.74, 6) is -4.43. The van der Waals surface area contributed by atoms with Crippen molar-refractivity contribution >= 4 is 68.9 Å². The van der Waals surface area contributed by atoms with Crippen LogP contribution in [0.15, 0.2) is 41.0 Å². The van der Waals surface area contributed by atoms with Crippen LogP contribution < -0.4 is 26.0 Å². The normalized spacial score (nSPS) is 18.8. The zero-order valence-corrected chi connectivity index (χ0v) is 24.7. The minimum atomic E-state index is -1.80. The maximum atomic E-state index is 13.3. The van der Waals surface area contributed by atoms with Gasteiger partial charge in [-0.1, -0.05) is 5.16 Å². The van der Waals surface area contributed by atoms with Crippen molar-refractivity contribution in [3.05, 3.63) is 47.2 Å². The number of thioether (sulfide) groups is 1. The van der Waals surface area contributed by atoms with Crippen LogP contribution in [0.25, 0.3) is 11.0 Å².